The fourth-order valence-electron chi connectivity index (χ4n) is 3.52. The van der Waals surface area contributed by atoms with Gasteiger partial charge in [-0.25, -0.2) is 13.8 Å². The standard InChI is InChI=1S/C23H16F2N4O.ClH/c1-30-21-8-4-15(10-19(21)25)20-12-26-22-9-5-16(13-29(20)22)18-11-27-28-23(18)14-2-6-17(24)7-3-14;/h2-13H,1H3,(H,27,28);1H. The highest BCUT2D eigenvalue weighted by Gasteiger charge is 2.14. The average molecular weight is 439 g/mol. The van der Waals surface area contributed by atoms with Crippen molar-refractivity contribution < 1.29 is 13.5 Å². The molecule has 156 valence electrons. The summed E-state index contributed by atoms with van der Waals surface area (Å²) < 4.78 is 34.4. The Labute approximate surface area is 182 Å². The second-order valence-corrected chi connectivity index (χ2v) is 6.80. The van der Waals surface area contributed by atoms with Crippen molar-refractivity contribution in [2.75, 3.05) is 7.11 Å². The summed E-state index contributed by atoms with van der Waals surface area (Å²) in [5, 5.41) is 7.16. The molecule has 0 radical (unpaired) electrons. The van der Waals surface area contributed by atoms with E-state index in [2.05, 4.69) is 15.2 Å². The minimum absolute atomic E-state index is 0. The van der Waals surface area contributed by atoms with Crippen LogP contribution in [-0.2, 0) is 0 Å². The summed E-state index contributed by atoms with van der Waals surface area (Å²) in [6.45, 7) is 0. The summed E-state index contributed by atoms with van der Waals surface area (Å²) in [5.74, 6) is -0.541. The highest BCUT2D eigenvalue weighted by Crippen LogP contribution is 2.32. The summed E-state index contributed by atoms with van der Waals surface area (Å²) in [4.78, 5) is 4.42. The molecule has 5 rings (SSSR count). The van der Waals surface area contributed by atoms with Gasteiger partial charge in [-0.05, 0) is 54.6 Å². The first-order valence-electron chi connectivity index (χ1n) is 9.25. The summed E-state index contributed by atoms with van der Waals surface area (Å²) in [5.41, 5.74) is 5.53. The number of benzene rings is 2. The monoisotopic (exact) mass is 438 g/mol. The number of aromatic amines is 1. The van der Waals surface area contributed by atoms with Crippen LogP contribution < -0.4 is 4.74 Å². The quantitative estimate of drug-likeness (QED) is 0.387. The Balaban J connectivity index is 0.00000231. The molecule has 5 nitrogen and oxygen atoms in total. The van der Waals surface area contributed by atoms with E-state index in [9.17, 15) is 8.78 Å². The van der Waals surface area contributed by atoms with E-state index in [1.165, 1.54) is 25.3 Å². The zero-order valence-electron chi connectivity index (χ0n) is 16.3. The SMILES string of the molecule is COc1ccc(-c2cnc3ccc(-c4cn[nH]c4-c4ccc(F)cc4)cn23)cc1F.Cl. The summed E-state index contributed by atoms with van der Waals surface area (Å²) >= 11 is 0. The van der Waals surface area contributed by atoms with Crippen molar-refractivity contribution in [3.05, 3.63) is 84.8 Å². The van der Waals surface area contributed by atoms with Crippen LogP contribution in [0.4, 0.5) is 8.78 Å². The number of pyridine rings is 1. The lowest BCUT2D eigenvalue weighted by molar-refractivity contribution is 0.386. The number of nitrogens with one attached hydrogen (secondary N) is 1. The number of methoxy groups -OCH3 is 1. The molecule has 0 aliphatic rings. The van der Waals surface area contributed by atoms with Gasteiger partial charge in [-0.1, -0.05) is 0 Å². The van der Waals surface area contributed by atoms with Crippen LogP contribution in [0.15, 0.2) is 73.2 Å². The first kappa shape index (κ1) is 20.6. The summed E-state index contributed by atoms with van der Waals surface area (Å²) in [7, 11) is 1.43. The topological polar surface area (TPSA) is 55.2 Å². The molecular formula is C23H17ClF2N4O. The number of hydrogen-bond acceptors (Lipinski definition) is 3. The zero-order chi connectivity index (χ0) is 20.7. The number of imidazole rings is 1. The summed E-state index contributed by atoms with van der Waals surface area (Å²) in [6, 6.07) is 14.9. The third-order valence-corrected chi connectivity index (χ3v) is 5.04. The number of rotatable bonds is 4. The normalized spacial score (nSPS) is 10.8. The number of fused-ring (bicyclic) bond motifs is 1. The van der Waals surface area contributed by atoms with E-state index in [-0.39, 0.29) is 24.0 Å². The van der Waals surface area contributed by atoms with E-state index in [1.54, 1.807) is 36.7 Å². The van der Waals surface area contributed by atoms with Crippen LogP contribution in [0.25, 0.3) is 39.3 Å². The van der Waals surface area contributed by atoms with Crippen molar-refractivity contribution in [1.82, 2.24) is 19.6 Å². The number of nitrogens with zero attached hydrogens (tertiary/aromatic N) is 3. The molecule has 0 saturated carbocycles. The predicted octanol–water partition coefficient (Wildman–Crippen LogP) is 5.77. The highest BCUT2D eigenvalue weighted by molar-refractivity contribution is 5.85. The molecule has 1 N–H and O–H groups in total. The molecule has 5 aromatic rings. The fraction of sp³-hybridized carbons (Fsp3) is 0.0435. The molecule has 3 aromatic heterocycles. The van der Waals surface area contributed by atoms with Gasteiger partial charge in [0.05, 0.1) is 30.9 Å². The van der Waals surface area contributed by atoms with Gasteiger partial charge in [0, 0.05) is 28.5 Å². The van der Waals surface area contributed by atoms with Gasteiger partial charge in [0.2, 0.25) is 0 Å². The Morgan fingerprint density at radius 3 is 2.39 bits per heavy atom. The number of ether oxygens (including phenoxy) is 1. The van der Waals surface area contributed by atoms with Crippen LogP contribution >= 0.6 is 12.4 Å². The zero-order valence-corrected chi connectivity index (χ0v) is 17.2. The van der Waals surface area contributed by atoms with Gasteiger partial charge < -0.3 is 4.74 Å². The van der Waals surface area contributed by atoms with Gasteiger partial charge in [0.1, 0.15) is 11.5 Å². The smallest absolute Gasteiger partial charge is 0.165 e. The maximum atomic E-state index is 14.2. The molecule has 0 unspecified atom stereocenters. The number of halogens is 3. The van der Waals surface area contributed by atoms with E-state index < -0.39 is 5.82 Å². The molecule has 2 aromatic carbocycles. The number of hydrogen-bond donors (Lipinski definition) is 1. The molecule has 0 aliphatic heterocycles. The first-order valence-corrected chi connectivity index (χ1v) is 9.25. The Morgan fingerprint density at radius 1 is 0.903 bits per heavy atom. The van der Waals surface area contributed by atoms with Crippen LogP contribution in [-0.4, -0.2) is 26.7 Å². The van der Waals surface area contributed by atoms with Gasteiger partial charge in [-0.3, -0.25) is 9.50 Å². The molecule has 3 heterocycles. The van der Waals surface area contributed by atoms with Crippen molar-refractivity contribution in [1.29, 1.82) is 0 Å². The second-order valence-electron chi connectivity index (χ2n) is 6.80. The van der Waals surface area contributed by atoms with Gasteiger partial charge in [-0.15, -0.1) is 12.4 Å². The van der Waals surface area contributed by atoms with Crippen molar-refractivity contribution >= 4 is 18.1 Å². The average Bonchev–Trinajstić information content (AvgIpc) is 3.41. The number of aromatic nitrogens is 4. The van der Waals surface area contributed by atoms with Gasteiger partial charge in [0.25, 0.3) is 0 Å². The maximum Gasteiger partial charge on any atom is 0.165 e. The molecule has 0 bridgehead atoms. The molecule has 8 heteroatoms. The van der Waals surface area contributed by atoms with Crippen LogP contribution in [0.5, 0.6) is 5.75 Å². The fourth-order valence-corrected chi connectivity index (χ4v) is 3.52. The lowest BCUT2D eigenvalue weighted by Gasteiger charge is -2.08. The third kappa shape index (κ3) is 3.64. The van der Waals surface area contributed by atoms with E-state index >= 15 is 0 Å². The number of H-pyrrole nitrogens is 1. The third-order valence-electron chi connectivity index (χ3n) is 5.04. The van der Waals surface area contributed by atoms with E-state index in [0.717, 1.165) is 33.7 Å². The van der Waals surface area contributed by atoms with E-state index in [1.807, 2.05) is 22.7 Å². The van der Waals surface area contributed by atoms with Crippen LogP contribution in [0.1, 0.15) is 0 Å². The lowest BCUT2D eigenvalue weighted by Crippen LogP contribution is -1.93. The summed E-state index contributed by atoms with van der Waals surface area (Å²) in [6.07, 6.45) is 5.36. The molecule has 0 spiro atoms. The minimum Gasteiger partial charge on any atom is -0.494 e. The highest BCUT2D eigenvalue weighted by atomic mass is 35.5. The van der Waals surface area contributed by atoms with Gasteiger partial charge in [0.15, 0.2) is 11.6 Å². The Bertz CT molecular complexity index is 1360. The van der Waals surface area contributed by atoms with Crippen molar-refractivity contribution in [2.24, 2.45) is 0 Å². The lowest BCUT2D eigenvalue weighted by atomic mass is 10.0. The van der Waals surface area contributed by atoms with Crippen molar-refractivity contribution in [2.45, 2.75) is 0 Å². The van der Waals surface area contributed by atoms with Crippen molar-refractivity contribution in [3.8, 4) is 39.4 Å². The van der Waals surface area contributed by atoms with Crippen molar-refractivity contribution in [3.63, 3.8) is 0 Å². The van der Waals surface area contributed by atoms with E-state index in [4.69, 9.17) is 4.74 Å². The molecule has 0 saturated heterocycles. The van der Waals surface area contributed by atoms with E-state index in [0.29, 0.717) is 5.56 Å². The first-order chi connectivity index (χ1) is 14.6. The molecular weight excluding hydrogens is 422 g/mol. The Hall–Kier alpha value is -3.71. The molecule has 0 fully saturated rings. The minimum atomic E-state index is -0.436. The molecule has 0 amide bonds. The van der Waals surface area contributed by atoms with Crippen LogP contribution in [0.2, 0.25) is 0 Å². The molecule has 31 heavy (non-hydrogen) atoms. The van der Waals surface area contributed by atoms with Gasteiger partial charge in [-0.2, -0.15) is 5.10 Å². The van der Waals surface area contributed by atoms with Crippen LogP contribution in [0, 0.1) is 11.6 Å². The molecule has 0 atom stereocenters. The largest absolute Gasteiger partial charge is 0.494 e. The Morgan fingerprint density at radius 2 is 1.65 bits per heavy atom. The van der Waals surface area contributed by atoms with Crippen LogP contribution in [0.3, 0.4) is 0 Å². The predicted molar refractivity (Wildman–Crippen MR) is 117 cm³/mol. The van der Waals surface area contributed by atoms with Gasteiger partial charge >= 0.3 is 0 Å². The second kappa shape index (κ2) is 8.20. The Kier molecular flexibility index (Phi) is 5.44. The maximum absolute atomic E-state index is 14.2. The molecule has 0 aliphatic carbocycles.